The molecule has 1 aromatic carbocycles. The van der Waals surface area contributed by atoms with Gasteiger partial charge in [-0.15, -0.1) is 0 Å². The molecule has 3 heteroatoms. The predicted octanol–water partition coefficient (Wildman–Crippen LogP) is 2.26. The minimum Gasteiger partial charge on any atom is -0.353 e. The molecule has 0 aromatic heterocycles. The Morgan fingerprint density at radius 2 is 1.78 bits per heavy atom. The minimum absolute atomic E-state index is 0.0756. The number of rotatable bonds is 4. The van der Waals surface area contributed by atoms with Gasteiger partial charge < -0.3 is 11.1 Å². The van der Waals surface area contributed by atoms with Crippen LogP contribution in [0.4, 0.5) is 0 Å². The second-order valence-electron chi connectivity index (χ2n) is 5.66. The summed E-state index contributed by atoms with van der Waals surface area (Å²) in [5, 5.41) is 2.93. The summed E-state index contributed by atoms with van der Waals surface area (Å²) in [6.07, 6.45) is 2.13. The van der Waals surface area contributed by atoms with Crippen molar-refractivity contribution in [1.82, 2.24) is 5.32 Å². The molecule has 3 N–H and O–H groups in total. The lowest BCUT2D eigenvalue weighted by molar-refractivity contribution is -0.122. The third kappa shape index (κ3) is 2.72. The van der Waals surface area contributed by atoms with Gasteiger partial charge in [-0.25, -0.2) is 0 Å². The zero-order valence-electron chi connectivity index (χ0n) is 11.4. The molecule has 1 saturated carbocycles. The number of hydrogen-bond donors (Lipinski definition) is 2. The molecule has 1 atom stereocenters. The Balaban J connectivity index is 2.07. The van der Waals surface area contributed by atoms with E-state index < -0.39 is 0 Å². The Kier molecular flexibility index (Phi) is 3.44. The molecule has 0 heterocycles. The van der Waals surface area contributed by atoms with Gasteiger partial charge >= 0.3 is 0 Å². The summed E-state index contributed by atoms with van der Waals surface area (Å²) >= 11 is 0. The molecular formula is C15H22N2O. The highest BCUT2D eigenvalue weighted by molar-refractivity contribution is 5.83. The molecule has 0 spiro atoms. The van der Waals surface area contributed by atoms with Crippen LogP contribution in [0, 0.1) is 0 Å². The number of amides is 1. The number of nitrogens with two attached hydrogens (primary N) is 1. The largest absolute Gasteiger partial charge is 0.353 e. The Morgan fingerprint density at radius 3 is 2.22 bits per heavy atom. The van der Waals surface area contributed by atoms with Gasteiger partial charge in [0.1, 0.15) is 0 Å². The molecule has 1 aliphatic rings. The van der Waals surface area contributed by atoms with Crippen molar-refractivity contribution >= 4 is 5.91 Å². The summed E-state index contributed by atoms with van der Waals surface area (Å²) in [5.41, 5.74) is 8.27. The van der Waals surface area contributed by atoms with E-state index in [1.807, 2.05) is 32.9 Å². The van der Waals surface area contributed by atoms with Crippen LogP contribution in [-0.4, -0.2) is 11.9 Å². The average molecular weight is 246 g/mol. The van der Waals surface area contributed by atoms with E-state index >= 15 is 0 Å². The topological polar surface area (TPSA) is 55.1 Å². The second kappa shape index (κ2) is 4.73. The van der Waals surface area contributed by atoms with Gasteiger partial charge in [0, 0.05) is 11.6 Å². The lowest BCUT2D eigenvalue weighted by atomic mass is 9.96. The van der Waals surface area contributed by atoms with Gasteiger partial charge in [-0.1, -0.05) is 24.3 Å². The normalized spacial score (nSPS) is 18.5. The average Bonchev–Trinajstić information content (AvgIpc) is 3.07. The van der Waals surface area contributed by atoms with Crippen molar-refractivity contribution in [2.24, 2.45) is 5.73 Å². The first-order valence-corrected chi connectivity index (χ1v) is 6.62. The van der Waals surface area contributed by atoms with Crippen molar-refractivity contribution in [3.05, 3.63) is 35.4 Å². The Bertz CT molecular complexity index is 432. The van der Waals surface area contributed by atoms with E-state index in [1.165, 1.54) is 5.56 Å². The number of hydrogen-bond acceptors (Lipinski definition) is 2. The first kappa shape index (κ1) is 13.1. The van der Waals surface area contributed by atoms with E-state index in [0.717, 1.165) is 18.4 Å². The number of carbonyl (C=O) groups is 1. The van der Waals surface area contributed by atoms with Crippen molar-refractivity contribution in [3.63, 3.8) is 0 Å². The van der Waals surface area contributed by atoms with Crippen LogP contribution < -0.4 is 11.1 Å². The molecule has 18 heavy (non-hydrogen) atoms. The molecule has 0 saturated heterocycles. The maximum atomic E-state index is 11.9. The van der Waals surface area contributed by atoms with E-state index in [9.17, 15) is 4.79 Å². The van der Waals surface area contributed by atoms with Crippen molar-refractivity contribution < 1.29 is 4.79 Å². The lowest BCUT2D eigenvalue weighted by Crippen LogP contribution is -2.33. The molecule has 2 rings (SSSR count). The molecule has 1 amide bonds. The minimum atomic E-state index is -0.116. The van der Waals surface area contributed by atoms with Crippen LogP contribution >= 0.6 is 0 Å². The zero-order chi connectivity index (χ0) is 13.3. The number of benzene rings is 1. The first-order chi connectivity index (χ1) is 8.42. The zero-order valence-corrected chi connectivity index (χ0v) is 11.4. The van der Waals surface area contributed by atoms with Crippen molar-refractivity contribution in [2.45, 2.75) is 51.1 Å². The van der Waals surface area contributed by atoms with Gasteiger partial charge in [0.05, 0.1) is 5.92 Å². The van der Waals surface area contributed by atoms with E-state index in [2.05, 4.69) is 17.4 Å². The fraction of sp³-hybridized carbons (Fsp3) is 0.533. The molecule has 1 unspecified atom stereocenters. The fourth-order valence-electron chi connectivity index (χ4n) is 2.09. The third-order valence-electron chi connectivity index (χ3n) is 3.60. The Hall–Kier alpha value is -1.35. The van der Waals surface area contributed by atoms with Crippen LogP contribution in [0.25, 0.3) is 0 Å². The van der Waals surface area contributed by atoms with E-state index in [4.69, 9.17) is 5.73 Å². The van der Waals surface area contributed by atoms with Crippen LogP contribution in [0.5, 0.6) is 0 Å². The van der Waals surface area contributed by atoms with Crippen LogP contribution in [0.3, 0.4) is 0 Å². The van der Waals surface area contributed by atoms with Crippen LogP contribution in [0.15, 0.2) is 24.3 Å². The van der Waals surface area contributed by atoms with Gasteiger partial charge in [-0.05, 0) is 44.7 Å². The van der Waals surface area contributed by atoms with E-state index in [-0.39, 0.29) is 23.4 Å². The molecule has 1 aliphatic carbocycles. The highest BCUT2D eigenvalue weighted by Gasteiger charge is 2.39. The SMILES string of the molecule is CC(C)NC(=O)C(C)c1ccc(C2(N)CC2)cc1. The smallest absolute Gasteiger partial charge is 0.227 e. The van der Waals surface area contributed by atoms with Crippen LogP contribution in [0.1, 0.15) is 50.7 Å². The van der Waals surface area contributed by atoms with Crippen molar-refractivity contribution in [2.75, 3.05) is 0 Å². The fourth-order valence-corrected chi connectivity index (χ4v) is 2.09. The molecular weight excluding hydrogens is 224 g/mol. The summed E-state index contributed by atoms with van der Waals surface area (Å²) in [6, 6.07) is 8.33. The molecule has 3 nitrogen and oxygen atoms in total. The lowest BCUT2D eigenvalue weighted by Gasteiger charge is -2.16. The highest BCUT2D eigenvalue weighted by Crippen LogP contribution is 2.42. The molecule has 0 bridgehead atoms. The summed E-state index contributed by atoms with van der Waals surface area (Å²) in [4.78, 5) is 11.9. The van der Waals surface area contributed by atoms with E-state index in [1.54, 1.807) is 0 Å². The van der Waals surface area contributed by atoms with E-state index in [0.29, 0.717) is 0 Å². The highest BCUT2D eigenvalue weighted by atomic mass is 16.1. The monoisotopic (exact) mass is 246 g/mol. The number of nitrogens with one attached hydrogen (secondary N) is 1. The number of carbonyl (C=O) groups excluding carboxylic acids is 1. The second-order valence-corrected chi connectivity index (χ2v) is 5.66. The van der Waals surface area contributed by atoms with Crippen molar-refractivity contribution in [1.29, 1.82) is 0 Å². The van der Waals surface area contributed by atoms with Gasteiger partial charge in [0.25, 0.3) is 0 Å². The summed E-state index contributed by atoms with van der Waals surface area (Å²) < 4.78 is 0. The van der Waals surface area contributed by atoms with Crippen molar-refractivity contribution in [3.8, 4) is 0 Å². The maximum absolute atomic E-state index is 11.9. The van der Waals surface area contributed by atoms with Crippen LogP contribution in [0.2, 0.25) is 0 Å². The standard InChI is InChI=1S/C15H22N2O/c1-10(2)17-14(18)11(3)12-4-6-13(7-5-12)15(16)8-9-15/h4-7,10-11H,8-9,16H2,1-3H3,(H,17,18). The molecule has 98 valence electrons. The Labute approximate surface area is 109 Å². The molecule has 0 aliphatic heterocycles. The van der Waals surface area contributed by atoms with Gasteiger partial charge in [-0.3, -0.25) is 4.79 Å². The Morgan fingerprint density at radius 1 is 1.22 bits per heavy atom. The predicted molar refractivity (Wildman–Crippen MR) is 73.2 cm³/mol. The third-order valence-corrected chi connectivity index (χ3v) is 3.60. The van der Waals surface area contributed by atoms with Crippen LogP contribution in [-0.2, 0) is 10.3 Å². The quantitative estimate of drug-likeness (QED) is 0.856. The summed E-state index contributed by atoms with van der Waals surface area (Å²) in [5.74, 6) is -0.0407. The molecule has 1 fully saturated rings. The molecule has 0 radical (unpaired) electrons. The van der Waals surface area contributed by atoms with Gasteiger partial charge in [-0.2, -0.15) is 0 Å². The first-order valence-electron chi connectivity index (χ1n) is 6.62. The summed E-state index contributed by atoms with van der Waals surface area (Å²) in [6.45, 7) is 5.88. The van der Waals surface area contributed by atoms with Gasteiger partial charge in [0.2, 0.25) is 5.91 Å². The molecule has 1 aromatic rings. The van der Waals surface area contributed by atoms with Gasteiger partial charge in [0.15, 0.2) is 0 Å². The maximum Gasteiger partial charge on any atom is 0.227 e. The summed E-state index contributed by atoms with van der Waals surface area (Å²) in [7, 11) is 0.